The highest BCUT2D eigenvalue weighted by molar-refractivity contribution is 14.2. The van der Waals surface area contributed by atoms with E-state index < -0.39 is 0 Å². The number of hydrogen-bond donors (Lipinski definition) is 0. The summed E-state index contributed by atoms with van der Waals surface area (Å²) in [5, 5.41) is 0. The molecule has 0 N–H and O–H groups in total. The standard InChI is InChI=1S/C8H15IOS/c9-11-10-7-6-8-4-2-1-3-5-8/h8H,1-7H2. The summed E-state index contributed by atoms with van der Waals surface area (Å²) in [6.45, 7) is 0.943. The highest BCUT2D eigenvalue weighted by Gasteiger charge is 2.12. The largest absolute Gasteiger partial charge is 0.305 e. The van der Waals surface area contributed by atoms with Crippen LogP contribution in [0.15, 0.2) is 0 Å². The van der Waals surface area contributed by atoms with E-state index in [1.807, 2.05) is 0 Å². The molecule has 0 aliphatic heterocycles. The molecule has 0 heterocycles. The number of hydrogen-bond acceptors (Lipinski definition) is 2. The van der Waals surface area contributed by atoms with Gasteiger partial charge in [0.25, 0.3) is 0 Å². The average Bonchev–Trinajstić information content (AvgIpc) is 2.07. The molecule has 3 heteroatoms. The van der Waals surface area contributed by atoms with Crippen LogP contribution in [0.5, 0.6) is 0 Å². The van der Waals surface area contributed by atoms with Gasteiger partial charge in [0.05, 0.1) is 15.8 Å². The molecule has 66 valence electrons. The van der Waals surface area contributed by atoms with E-state index in [0.717, 1.165) is 12.5 Å². The zero-order valence-corrected chi connectivity index (χ0v) is 9.70. The van der Waals surface area contributed by atoms with Gasteiger partial charge in [-0.1, -0.05) is 32.1 Å². The van der Waals surface area contributed by atoms with Crippen molar-refractivity contribution in [2.45, 2.75) is 38.5 Å². The van der Waals surface area contributed by atoms with Crippen molar-refractivity contribution in [3.63, 3.8) is 0 Å². The third kappa shape index (κ3) is 4.58. The number of rotatable bonds is 4. The lowest BCUT2D eigenvalue weighted by molar-refractivity contribution is 0.273. The van der Waals surface area contributed by atoms with Gasteiger partial charge in [-0.3, -0.25) is 0 Å². The molecule has 1 aliphatic carbocycles. The Morgan fingerprint density at radius 1 is 1.27 bits per heavy atom. The van der Waals surface area contributed by atoms with E-state index in [1.165, 1.54) is 47.7 Å². The molecule has 1 saturated carbocycles. The second-order valence-corrected chi connectivity index (χ2v) is 4.62. The Labute approximate surface area is 85.4 Å². The zero-order chi connectivity index (χ0) is 7.94. The Morgan fingerprint density at radius 2 is 2.00 bits per heavy atom. The van der Waals surface area contributed by atoms with Crippen LogP contribution in [0.2, 0.25) is 0 Å². The lowest BCUT2D eigenvalue weighted by Gasteiger charge is -2.20. The highest BCUT2D eigenvalue weighted by Crippen LogP contribution is 2.26. The third-order valence-corrected chi connectivity index (χ3v) is 3.40. The minimum Gasteiger partial charge on any atom is -0.305 e. The molecule has 0 aromatic carbocycles. The summed E-state index contributed by atoms with van der Waals surface area (Å²) < 4.78 is 5.24. The van der Waals surface area contributed by atoms with Gasteiger partial charge in [-0.2, -0.15) is 0 Å². The summed E-state index contributed by atoms with van der Waals surface area (Å²) in [6.07, 6.45) is 8.50. The summed E-state index contributed by atoms with van der Waals surface area (Å²) in [5.74, 6) is 0.965. The van der Waals surface area contributed by atoms with Gasteiger partial charge in [0, 0.05) is 21.2 Å². The first-order valence-electron chi connectivity index (χ1n) is 4.33. The first kappa shape index (κ1) is 10.1. The Balaban J connectivity index is 1.96. The normalized spacial score (nSPS) is 20.5. The van der Waals surface area contributed by atoms with E-state index in [1.54, 1.807) is 0 Å². The maximum absolute atomic E-state index is 5.24. The van der Waals surface area contributed by atoms with Crippen molar-refractivity contribution in [3.05, 3.63) is 0 Å². The van der Waals surface area contributed by atoms with E-state index in [0.29, 0.717) is 0 Å². The molecule has 1 rings (SSSR count). The second-order valence-electron chi connectivity index (χ2n) is 3.18. The van der Waals surface area contributed by atoms with E-state index in [2.05, 4.69) is 21.2 Å². The Hall–Kier alpha value is 1.04. The maximum atomic E-state index is 5.24. The summed E-state index contributed by atoms with van der Waals surface area (Å²) in [4.78, 5) is 0. The molecule has 0 radical (unpaired) electrons. The Kier molecular flexibility index (Phi) is 6.02. The molecule has 1 nitrogen and oxygen atoms in total. The molecule has 1 aliphatic rings. The molecule has 0 aromatic rings. The summed E-state index contributed by atoms with van der Waals surface area (Å²) in [5.41, 5.74) is 0. The van der Waals surface area contributed by atoms with Gasteiger partial charge in [-0.15, -0.1) is 0 Å². The van der Waals surface area contributed by atoms with E-state index in [9.17, 15) is 0 Å². The van der Waals surface area contributed by atoms with Crippen LogP contribution in [-0.2, 0) is 4.18 Å². The smallest absolute Gasteiger partial charge is 0.0650 e. The fraction of sp³-hybridized carbons (Fsp3) is 1.00. The van der Waals surface area contributed by atoms with Crippen molar-refractivity contribution < 1.29 is 4.18 Å². The quantitative estimate of drug-likeness (QED) is 0.439. The minimum atomic E-state index is 0.943. The van der Waals surface area contributed by atoms with Crippen LogP contribution in [0.25, 0.3) is 0 Å². The van der Waals surface area contributed by atoms with Crippen molar-refractivity contribution >= 4 is 30.4 Å². The van der Waals surface area contributed by atoms with E-state index >= 15 is 0 Å². The van der Waals surface area contributed by atoms with Crippen molar-refractivity contribution in [1.82, 2.24) is 0 Å². The highest BCUT2D eigenvalue weighted by atomic mass is 127. The Morgan fingerprint density at radius 3 is 2.64 bits per heavy atom. The fourth-order valence-electron chi connectivity index (χ4n) is 1.72. The molecular weight excluding hydrogens is 271 g/mol. The first-order chi connectivity index (χ1) is 5.43. The molecule has 0 saturated heterocycles. The fourth-order valence-corrected chi connectivity index (χ4v) is 2.42. The van der Waals surface area contributed by atoms with E-state index in [4.69, 9.17) is 4.18 Å². The molecule has 0 spiro atoms. The second kappa shape index (κ2) is 6.54. The third-order valence-electron chi connectivity index (χ3n) is 2.38. The van der Waals surface area contributed by atoms with Crippen molar-refractivity contribution in [3.8, 4) is 0 Å². The van der Waals surface area contributed by atoms with Crippen LogP contribution >= 0.6 is 30.4 Å². The summed E-state index contributed by atoms with van der Waals surface area (Å²) >= 11 is 2.18. The molecular formula is C8H15IOS. The van der Waals surface area contributed by atoms with Crippen LogP contribution in [-0.4, -0.2) is 6.61 Å². The maximum Gasteiger partial charge on any atom is 0.0650 e. The molecule has 11 heavy (non-hydrogen) atoms. The Bertz CT molecular complexity index is 94.1. The van der Waals surface area contributed by atoms with Crippen molar-refractivity contribution in [2.75, 3.05) is 6.61 Å². The topological polar surface area (TPSA) is 9.23 Å². The molecule has 0 unspecified atom stereocenters. The molecule has 1 fully saturated rings. The van der Waals surface area contributed by atoms with Gasteiger partial charge >= 0.3 is 0 Å². The monoisotopic (exact) mass is 286 g/mol. The summed E-state index contributed by atoms with van der Waals surface area (Å²) in [7, 11) is 1.46. The van der Waals surface area contributed by atoms with Gasteiger partial charge in [-0.05, 0) is 12.3 Å². The zero-order valence-electron chi connectivity index (χ0n) is 6.72. The molecule has 0 bridgehead atoms. The minimum absolute atomic E-state index is 0.943. The predicted molar refractivity (Wildman–Crippen MR) is 58.8 cm³/mol. The molecule has 0 aromatic heterocycles. The van der Waals surface area contributed by atoms with E-state index in [-0.39, 0.29) is 0 Å². The van der Waals surface area contributed by atoms with Crippen molar-refractivity contribution in [1.29, 1.82) is 0 Å². The van der Waals surface area contributed by atoms with Gasteiger partial charge < -0.3 is 4.18 Å². The first-order valence-corrected chi connectivity index (χ1v) is 7.62. The molecule has 0 amide bonds. The lowest BCUT2D eigenvalue weighted by Crippen LogP contribution is -2.07. The average molecular weight is 286 g/mol. The number of halogens is 1. The van der Waals surface area contributed by atoms with Gasteiger partial charge in [0.1, 0.15) is 0 Å². The molecule has 0 atom stereocenters. The van der Waals surface area contributed by atoms with Crippen LogP contribution < -0.4 is 0 Å². The van der Waals surface area contributed by atoms with Crippen LogP contribution in [0.3, 0.4) is 0 Å². The van der Waals surface area contributed by atoms with Crippen molar-refractivity contribution in [2.24, 2.45) is 5.92 Å². The van der Waals surface area contributed by atoms with Crippen LogP contribution in [0, 0.1) is 5.92 Å². The van der Waals surface area contributed by atoms with Gasteiger partial charge in [0.2, 0.25) is 0 Å². The lowest BCUT2D eigenvalue weighted by atomic mass is 9.87. The summed E-state index contributed by atoms with van der Waals surface area (Å²) in [6, 6.07) is 0. The van der Waals surface area contributed by atoms with Gasteiger partial charge in [0.15, 0.2) is 0 Å². The predicted octanol–water partition coefficient (Wildman–Crippen LogP) is 3.97. The van der Waals surface area contributed by atoms with Crippen LogP contribution in [0.4, 0.5) is 0 Å². The van der Waals surface area contributed by atoms with Crippen LogP contribution in [0.1, 0.15) is 38.5 Å². The SMILES string of the molecule is ISOCCC1CCCCC1. The van der Waals surface area contributed by atoms with Gasteiger partial charge in [-0.25, -0.2) is 0 Å².